The highest BCUT2D eigenvalue weighted by Crippen LogP contribution is 2.29. The molecule has 20 heavy (non-hydrogen) atoms. The quantitative estimate of drug-likeness (QED) is 0.738. The molecule has 1 nitrogen and oxygen atoms in total. The van der Waals surface area contributed by atoms with Crippen LogP contribution < -0.4 is 5.32 Å². The van der Waals surface area contributed by atoms with Crippen LogP contribution in [-0.4, -0.2) is 6.54 Å². The maximum Gasteiger partial charge on any atom is 0.0578 e. The van der Waals surface area contributed by atoms with E-state index in [1.807, 2.05) is 36.4 Å². The Bertz CT molecular complexity index is 563. The second-order valence-corrected chi connectivity index (χ2v) is 5.95. The van der Waals surface area contributed by atoms with Crippen LogP contribution in [0.2, 0.25) is 15.1 Å². The third-order valence-electron chi connectivity index (χ3n) is 3.00. The standard InChI is InChI=1S/C16H16Cl3N/c1-2-6-20-16(11-4-3-5-13(17)7-11)12-8-14(18)10-15(19)9-12/h3-5,7-10,16,20H,2,6H2,1H3. The summed E-state index contributed by atoms with van der Waals surface area (Å²) in [5, 5.41) is 5.50. The van der Waals surface area contributed by atoms with Crippen molar-refractivity contribution in [1.82, 2.24) is 5.32 Å². The van der Waals surface area contributed by atoms with E-state index in [0.29, 0.717) is 10.0 Å². The van der Waals surface area contributed by atoms with Crippen molar-refractivity contribution < 1.29 is 0 Å². The van der Waals surface area contributed by atoms with E-state index in [9.17, 15) is 0 Å². The third-order valence-corrected chi connectivity index (χ3v) is 3.67. The first-order chi connectivity index (χ1) is 9.60. The number of nitrogens with one attached hydrogen (secondary N) is 1. The van der Waals surface area contributed by atoms with Crippen LogP contribution in [-0.2, 0) is 0 Å². The van der Waals surface area contributed by atoms with Gasteiger partial charge in [-0.3, -0.25) is 0 Å². The van der Waals surface area contributed by atoms with E-state index in [0.717, 1.165) is 29.1 Å². The maximum atomic E-state index is 6.11. The summed E-state index contributed by atoms with van der Waals surface area (Å²) in [5.74, 6) is 0. The molecule has 0 aromatic heterocycles. The molecule has 0 saturated heterocycles. The topological polar surface area (TPSA) is 12.0 Å². The van der Waals surface area contributed by atoms with Crippen molar-refractivity contribution in [2.45, 2.75) is 19.4 Å². The molecule has 4 heteroatoms. The minimum Gasteiger partial charge on any atom is -0.306 e. The van der Waals surface area contributed by atoms with Crippen LogP contribution >= 0.6 is 34.8 Å². The summed E-state index contributed by atoms with van der Waals surface area (Å²) in [6, 6.07) is 13.5. The third kappa shape index (κ3) is 4.13. The molecular formula is C16H16Cl3N. The Morgan fingerprint density at radius 2 is 1.55 bits per heavy atom. The first kappa shape index (κ1) is 15.7. The SMILES string of the molecule is CCCNC(c1cccc(Cl)c1)c1cc(Cl)cc(Cl)c1. The zero-order chi connectivity index (χ0) is 14.5. The summed E-state index contributed by atoms with van der Waals surface area (Å²) >= 11 is 18.3. The molecule has 0 saturated carbocycles. The van der Waals surface area contributed by atoms with Crippen molar-refractivity contribution in [2.75, 3.05) is 6.54 Å². The van der Waals surface area contributed by atoms with Gasteiger partial charge >= 0.3 is 0 Å². The lowest BCUT2D eigenvalue weighted by Gasteiger charge is -2.20. The molecule has 0 radical (unpaired) electrons. The Morgan fingerprint density at radius 3 is 2.15 bits per heavy atom. The van der Waals surface area contributed by atoms with Crippen LogP contribution in [0.25, 0.3) is 0 Å². The molecule has 2 rings (SSSR count). The van der Waals surface area contributed by atoms with Crippen molar-refractivity contribution >= 4 is 34.8 Å². The van der Waals surface area contributed by atoms with E-state index in [-0.39, 0.29) is 6.04 Å². The molecular weight excluding hydrogens is 313 g/mol. The molecule has 0 fully saturated rings. The summed E-state index contributed by atoms with van der Waals surface area (Å²) in [6.07, 6.45) is 1.05. The van der Waals surface area contributed by atoms with Gasteiger partial charge in [-0.15, -0.1) is 0 Å². The van der Waals surface area contributed by atoms with Gasteiger partial charge in [0.1, 0.15) is 0 Å². The highest BCUT2D eigenvalue weighted by molar-refractivity contribution is 6.34. The highest BCUT2D eigenvalue weighted by Gasteiger charge is 2.15. The Balaban J connectivity index is 2.41. The van der Waals surface area contributed by atoms with Gasteiger partial charge in [-0.25, -0.2) is 0 Å². The van der Waals surface area contributed by atoms with E-state index in [4.69, 9.17) is 34.8 Å². The number of hydrogen-bond donors (Lipinski definition) is 1. The summed E-state index contributed by atoms with van der Waals surface area (Å²) in [6.45, 7) is 3.04. The molecule has 0 heterocycles. The Hall–Kier alpha value is -0.730. The normalized spacial score (nSPS) is 12.4. The smallest absolute Gasteiger partial charge is 0.0578 e. The minimum absolute atomic E-state index is 0.0323. The molecule has 1 atom stereocenters. The van der Waals surface area contributed by atoms with E-state index in [2.05, 4.69) is 12.2 Å². The molecule has 2 aromatic carbocycles. The van der Waals surface area contributed by atoms with Gasteiger partial charge in [0.05, 0.1) is 6.04 Å². The fourth-order valence-corrected chi connectivity index (χ4v) is 2.89. The summed E-state index contributed by atoms with van der Waals surface area (Å²) in [7, 11) is 0. The summed E-state index contributed by atoms with van der Waals surface area (Å²) < 4.78 is 0. The molecule has 0 aliphatic rings. The van der Waals surface area contributed by atoms with Gasteiger partial charge < -0.3 is 5.32 Å². The molecule has 0 amide bonds. The van der Waals surface area contributed by atoms with Gasteiger partial charge in [0, 0.05) is 15.1 Å². The fourth-order valence-electron chi connectivity index (χ4n) is 2.14. The fraction of sp³-hybridized carbons (Fsp3) is 0.250. The molecule has 0 aliphatic heterocycles. The number of halogens is 3. The van der Waals surface area contributed by atoms with E-state index in [1.165, 1.54) is 0 Å². The minimum atomic E-state index is 0.0323. The molecule has 0 aliphatic carbocycles. The summed E-state index contributed by atoms with van der Waals surface area (Å²) in [4.78, 5) is 0. The number of rotatable bonds is 5. The number of hydrogen-bond acceptors (Lipinski definition) is 1. The molecule has 0 bridgehead atoms. The lowest BCUT2D eigenvalue weighted by atomic mass is 9.98. The van der Waals surface area contributed by atoms with Crippen LogP contribution in [0.15, 0.2) is 42.5 Å². The average Bonchev–Trinajstić information content (AvgIpc) is 2.38. The van der Waals surface area contributed by atoms with Gasteiger partial charge in [-0.05, 0) is 54.4 Å². The van der Waals surface area contributed by atoms with Crippen LogP contribution in [0, 0.1) is 0 Å². The van der Waals surface area contributed by atoms with Gasteiger partial charge in [0.25, 0.3) is 0 Å². The van der Waals surface area contributed by atoms with Crippen molar-refractivity contribution in [3.63, 3.8) is 0 Å². The van der Waals surface area contributed by atoms with Crippen LogP contribution in [0.4, 0.5) is 0 Å². The van der Waals surface area contributed by atoms with E-state index in [1.54, 1.807) is 6.07 Å². The monoisotopic (exact) mass is 327 g/mol. The molecule has 0 spiro atoms. The Kier molecular flexibility index (Phi) is 5.74. The van der Waals surface area contributed by atoms with Crippen molar-refractivity contribution in [3.05, 3.63) is 68.7 Å². The van der Waals surface area contributed by atoms with Crippen LogP contribution in [0.3, 0.4) is 0 Å². The second kappa shape index (κ2) is 7.33. The average molecular weight is 329 g/mol. The first-order valence-electron chi connectivity index (χ1n) is 6.55. The molecule has 106 valence electrons. The highest BCUT2D eigenvalue weighted by atomic mass is 35.5. The predicted octanol–water partition coefficient (Wildman–Crippen LogP) is 5.74. The van der Waals surface area contributed by atoms with Crippen molar-refractivity contribution in [1.29, 1.82) is 0 Å². The van der Waals surface area contributed by atoms with Crippen LogP contribution in [0.1, 0.15) is 30.5 Å². The predicted molar refractivity (Wildman–Crippen MR) is 88.1 cm³/mol. The largest absolute Gasteiger partial charge is 0.306 e. The van der Waals surface area contributed by atoms with E-state index < -0.39 is 0 Å². The van der Waals surface area contributed by atoms with Crippen LogP contribution in [0.5, 0.6) is 0 Å². The Morgan fingerprint density at radius 1 is 0.900 bits per heavy atom. The molecule has 2 aromatic rings. The lowest BCUT2D eigenvalue weighted by Crippen LogP contribution is -2.23. The lowest BCUT2D eigenvalue weighted by molar-refractivity contribution is 0.598. The van der Waals surface area contributed by atoms with Crippen molar-refractivity contribution in [2.24, 2.45) is 0 Å². The van der Waals surface area contributed by atoms with Gasteiger partial charge in [0.15, 0.2) is 0 Å². The van der Waals surface area contributed by atoms with Gasteiger partial charge in [-0.1, -0.05) is 53.9 Å². The molecule has 1 N–H and O–H groups in total. The second-order valence-electron chi connectivity index (χ2n) is 4.64. The first-order valence-corrected chi connectivity index (χ1v) is 7.68. The number of benzene rings is 2. The Labute approximate surface area is 134 Å². The van der Waals surface area contributed by atoms with Gasteiger partial charge in [-0.2, -0.15) is 0 Å². The maximum absolute atomic E-state index is 6.11. The zero-order valence-corrected chi connectivity index (χ0v) is 13.4. The summed E-state index contributed by atoms with van der Waals surface area (Å²) in [5.41, 5.74) is 2.14. The van der Waals surface area contributed by atoms with Gasteiger partial charge in [0.2, 0.25) is 0 Å². The zero-order valence-electron chi connectivity index (χ0n) is 11.2. The van der Waals surface area contributed by atoms with Crippen molar-refractivity contribution in [3.8, 4) is 0 Å². The molecule has 1 unspecified atom stereocenters. The van der Waals surface area contributed by atoms with E-state index >= 15 is 0 Å².